The van der Waals surface area contributed by atoms with Gasteiger partial charge >= 0.3 is 0 Å². The molecule has 1 aromatic carbocycles. The molecule has 6 nitrogen and oxygen atoms in total. The summed E-state index contributed by atoms with van der Waals surface area (Å²) in [6.45, 7) is 1.56. The molecule has 1 saturated carbocycles. The van der Waals surface area contributed by atoms with Gasteiger partial charge in [0, 0.05) is 31.6 Å². The van der Waals surface area contributed by atoms with Crippen molar-refractivity contribution in [2.75, 3.05) is 13.1 Å². The standard InChI is InChI=1S/C18H22N4O2/c1-21-18(24)13-5-3-2-4-12(13)16(20-21)8-17(23)22-9-11-6-7-15(19)14(11)10-22/h2-5,11,14-15H,6-10,19H2,1H3. The Kier molecular flexibility index (Phi) is 3.64. The fourth-order valence-corrected chi connectivity index (χ4v) is 4.27. The number of aryl methyl sites for hydroxylation is 1. The van der Waals surface area contributed by atoms with Crippen molar-refractivity contribution >= 4 is 16.7 Å². The Hall–Kier alpha value is -2.21. The number of rotatable bonds is 2. The second-order valence-corrected chi connectivity index (χ2v) is 7.06. The van der Waals surface area contributed by atoms with Gasteiger partial charge in [-0.05, 0) is 30.7 Å². The molecule has 1 aliphatic heterocycles. The Labute approximate surface area is 140 Å². The van der Waals surface area contributed by atoms with Gasteiger partial charge in [-0.3, -0.25) is 9.59 Å². The topological polar surface area (TPSA) is 81.2 Å². The fourth-order valence-electron chi connectivity index (χ4n) is 4.27. The molecule has 2 N–H and O–H groups in total. The lowest BCUT2D eigenvalue weighted by molar-refractivity contribution is -0.129. The molecule has 2 heterocycles. The first-order chi connectivity index (χ1) is 11.5. The number of likely N-dealkylation sites (tertiary alicyclic amines) is 1. The number of carbonyl (C=O) groups excluding carboxylic acids is 1. The Morgan fingerprint density at radius 3 is 2.75 bits per heavy atom. The van der Waals surface area contributed by atoms with E-state index >= 15 is 0 Å². The van der Waals surface area contributed by atoms with E-state index in [1.807, 2.05) is 23.1 Å². The summed E-state index contributed by atoms with van der Waals surface area (Å²) < 4.78 is 1.32. The SMILES string of the molecule is Cn1nc(CC(=O)N2CC3CCC(N)C3C2)c2ccccc2c1=O. The highest BCUT2D eigenvalue weighted by Crippen LogP contribution is 2.37. The number of fused-ring (bicyclic) bond motifs is 2. The van der Waals surface area contributed by atoms with E-state index in [1.165, 1.54) is 4.68 Å². The highest BCUT2D eigenvalue weighted by Gasteiger charge is 2.42. The van der Waals surface area contributed by atoms with Crippen molar-refractivity contribution in [1.29, 1.82) is 0 Å². The second kappa shape index (κ2) is 5.70. The summed E-state index contributed by atoms with van der Waals surface area (Å²) in [6.07, 6.45) is 2.42. The van der Waals surface area contributed by atoms with E-state index in [4.69, 9.17) is 5.73 Å². The van der Waals surface area contributed by atoms with E-state index in [2.05, 4.69) is 5.10 Å². The molecule has 1 amide bonds. The van der Waals surface area contributed by atoms with Crippen LogP contribution in [0.4, 0.5) is 0 Å². The predicted molar refractivity (Wildman–Crippen MR) is 91.5 cm³/mol. The summed E-state index contributed by atoms with van der Waals surface area (Å²) in [5, 5.41) is 5.71. The first-order valence-electron chi connectivity index (χ1n) is 8.53. The molecule has 3 unspecified atom stereocenters. The minimum atomic E-state index is -0.136. The van der Waals surface area contributed by atoms with E-state index in [9.17, 15) is 9.59 Å². The summed E-state index contributed by atoms with van der Waals surface area (Å²) in [4.78, 5) is 26.9. The molecule has 3 atom stereocenters. The van der Waals surface area contributed by atoms with E-state index < -0.39 is 0 Å². The van der Waals surface area contributed by atoms with Crippen LogP contribution in [-0.2, 0) is 18.3 Å². The van der Waals surface area contributed by atoms with Crippen LogP contribution in [0.3, 0.4) is 0 Å². The molecular weight excluding hydrogens is 304 g/mol. The first kappa shape index (κ1) is 15.3. The molecule has 1 aliphatic carbocycles. The zero-order chi connectivity index (χ0) is 16.8. The number of hydrogen-bond donors (Lipinski definition) is 1. The number of hydrogen-bond acceptors (Lipinski definition) is 4. The van der Waals surface area contributed by atoms with Gasteiger partial charge in [0.05, 0.1) is 17.5 Å². The Bertz CT molecular complexity index is 860. The van der Waals surface area contributed by atoms with Crippen molar-refractivity contribution < 1.29 is 4.79 Å². The maximum absolute atomic E-state index is 12.8. The fraction of sp³-hybridized carbons (Fsp3) is 0.500. The Morgan fingerprint density at radius 2 is 2.00 bits per heavy atom. The van der Waals surface area contributed by atoms with Crippen LogP contribution in [0, 0.1) is 11.8 Å². The van der Waals surface area contributed by atoms with Gasteiger partial charge in [-0.1, -0.05) is 18.2 Å². The van der Waals surface area contributed by atoms with E-state index in [-0.39, 0.29) is 23.9 Å². The summed E-state index contributed by atoms with van der Waals surface area (Å²) in [6, 6.07) is 7.58. The van der Waals surface area contributed by atoms with Gasteiger partial charge in [0.2, 0.25) is 5.91 Å². The van der Waals surface area contributed by atoms with Crippen LogP contribution in [-0.4, -0.2) is 39.7 Å². The molecule has 4 rings (SSSR count). The summed E-state index contributed by atoms with van der Waals surface area (Å²) in [5.74, 6) is 1.07. The molecule has 2 aliphatic rings. The zero-order valence-corrected chi connectivity index (χ0v) is 13.8. The lowest BCUT2D eigenvalue weighted by Gasteiger charge is -2.19. The van der Waals surface area contributed by atoms with Crippen molar-refractivity contribution in [2.45, 2.75) is 25.3 Å². The van der Waals surface area contributed by atoms with Gasteiger partial charge < -0.3 is 10.6 Å². The zero-order valence-electron chi connectivity index (χ0n) is 13.8. The molecule has 2 fully saturated rings. The molecule has 0 radical (unpaired) electrons. The van der Waals surface area contributed by atoms with Gasteiger partial charge in [0.25, 0.3) is 5.56 Å². The third kappa shape index (κ3) is 2.41. The van der Waals surface area contributed by atoms with Crippen molar-refractivity contribution in [3.8, 4) is 0 Å². The molecule has 24 heavy (non-hydrogen) atoms. The van der Waals surface area contributed by atoms with Gasteiger partial charge in [-0.2, -0.15) is 5.10 Å². The average Bonchev–Trinajstić information content (AvgIpc) is 3.15. The molecule has 0 bridgehead atoms. The molecular formula is C18H22N4O2. The second-order valence-electron chi connectivity index (χ2n) is 7.06. The van der Waals surface area contributed by atoms with Crippen LogP contribution >= 0.6 is 0 Å². The summed E-state index contributed by atoms with van der Waals surface area (Å²) >= 11 is 0. The molecule has 0 spiro atoms. The van der Waals surface area contributed by atoms with Crippen LogP contribution in [0.1, 0.15) is 18.5 Å². The number of carbonyl (C=O) groups is 1. The van der Waals surface area contributed by atoms with Crippen molar-refractivity contribution in [3.05, 3.63) is 40.3 Å². The van der Waals surface area contributed by atoms with E-state index in [0.717, 1.165) is 31.3 Å². The maximum atomic E-state index is 12.8. The predicted octanol–water partition coefficient (Wildman–Crippen LogP) is 0.672. The third-order valence-corrected chi connectivity index (χ3v) is 5.62. The largest absolute Gasteiger partial charge is 0.342 e. The van der Waals surface area contributed by atoms with Crippen LogP contribution in [0.25, 0.3) is 10.8 Å². The summed E-state index contributed by atoms with van der Waals surface area (Å²) in [7, 11) is 1.63. The first-order valence-corrected chi connectivity index (χ1v) is 8.53. The van der Waals surface area contributed by atoms with Gasteiger partial charge in [-0.15, -0.1) is 0 Å². The lowest BCUT2D eigenvalue weighted by atomic mass is 9.98. The van der Waals surface area contributed by atoms with Gasteiger partial charge in [0.15, 0.2) is 0 Å². The highest BCUT2D eigenvalue weighted by molar-refractivity contribution is 5.88. The number of nitrogens with zero attached hydrogens (tertiary/aromatic N) is 3. The number of aromatic nitrogens is 2. The molecule has 1 saturated heterocycles. The quantitative estimate of drug-likeness (QED) is 0.879. The number of nitrogens with two attached hydrogens (primary N) is 1. The highest BCUT2D eigenvalue weighted by atomic mass is 16.2. The Morgan fingerprint density at radius 1 is 1.25 bits per heavy atom. The minimum Gasteiger partial charge on any atom is -0.342 e. The molecule has 126 valence electrons. The monoisotopic (exact) mass is 326 g/mol. The van der Waals surface area contributed by atoms with Crippen LogP contribution in [0.2, 0.25) is 0 Å². The van der Waals surface area contributed by atoms with Gasteiger partial charge in [-0.25, -0.2) is 4.68 Å². The van der Waals surface area contributed by atoms with E-state index in [1.54, 1.807) is 13.1 Å². The van der Waals surface area contributed by atoms with Gasteiger partial charge in [0.1, 0.15) is 0 Å². The summed E-state index contributed by atoms with van der Waals surface area (Å²) in [5.41, 5.74) is 6.69. The molecule has 1 aromatic heterocycles. The lowest BCUT2D eigenvalue weighted by Crippen LogP contribution is -2.35. The van der Waals surface area contributed by atoms with Crippen molar-refractivity contribution in [2.24, 2.45) is 24.6 Å². The van der Waals surface area contributed by atoms with Crippen LogP contribution in [0.15, 0.2) is 29.1 Å². The van der Waals surface area contributed by atoms with Crippen LogP contribution in [0.5, 0.6) is 0 Å². The van der Waals surface area contributed by atoms with Crippen molar-refractivity contribution in [3.63, 3.8) is 0 Å². The average molecular weight is 326 g/mol. The van der Waals surface area contributed by atoms with E-state index in [0.29, 0.717) is 22.9 Å². The van der Waals surface area contributed by atoms with Crippen molar-refractivity contribution in [1.82, 2.24) is 14.7 Å². The normalized spacial score (nSPS) is 26.1. The maximum Gasteiger partial charge on any atom is 0.274 e. The molecule has 2 aromatic rings. The van der Waals surface area contributed by atoms with Crippen LogP contribution < -0.4 is 11.3 Å². The smallest absolute Gasteiger partial charge is 0.274 e. The molecule has 6 heteroatoms. The third-order valence-electron chi connectivity index (χ3n) is 5.62. The Balaban J connectivity index is 1.60. The minimum absolute atomic E-state index is 0.0768. The number of amides is 1. The number of benzene rings is 1.